The number of amides is 3. The second-order valence-electron chi connectivity index (χ2n) is 6.56. The lowest BCUT2D eigenvalue weighted by Gasteiger charge is -2.20. The number of hydrogen-bond donors (Lipinski definition) is 3. The summed E-state index contributed by atoms with van der Waals surface area (Å²) in [6.07, 6.45) is 4.78. The number of nitrogen functional groups attached to an aromatic ring is 1. The number of nitrogens with one attached hydrogen (secondary N) is 2. The summed E-state index contributed by atoms with van der Waals surface area (Å²) >= 11 is 0. The topological polar surface area (TPSA) is 84.2 Å². The highest BCUT2D eigenvalue weighted by molar-refractivity contribution is 6.03. The third kappa shape index (κ3) is 4.20. The van der Waals surface area contributed by atoms with Crippen LogP contribution in [0.4, 0.5) is 20.6 Å². The molecule has 3 amide bonds. The van der Waals surface area contributed by atoms with Crippen molar-refractivity contribution in [1.29, 1.82) is 0 Å². The van der Waals surface area contributed by atoms with E-state index in [0.717, 1.165) is 32.1 Å². The van der Waals surface area contributed by atoms with Crippen molar-refractivity contribution < 1.29 is 14.0 Å². The Morgan fingerprint density at radius 3 is 2.50 bits per heavy atom. The Balaban J connectivity index is 1.75. The van der Waals surface area contributed by atoms with E-state index in [0.29, 0.717) is 22.5 Å². The Hall–Kier alpha value is -2.89. The van der Waals surface area contributed by atoms with Gasteiger partial charge < -0.3 is 11.1 Å². The molecule has 1 aliphatic rings. The Morgan fingerprint density at radius 1 is 1.00 bits per heavy atom. The van der Waals surface area contributed by atoms with Gasteiger partial charge in [-0.25, -0.2) is 9.18 Å². The second-order valence-corrected chi connectivity index (χ2v) is 6.56. The van der Waals surface area contributed by atoms with Gasteiger partial charge >= 0.3 is 6.03 Å². The predicted octanol–water partition coefficient (Wildman–Crippen LogP) is 4.30. The van der Waals surface area contributed by atoms with Gasteiger partial charge in [-0.15, -0.1) is 0 Å². The van der Waals surface area contributed by atoms with Crippen molar-refractivity contribution in [3.63, 3.8) is 0 Å². The molecule has 5 nitrogen and oxygen atoms in total. The first-order chi connectivity index (χ1) is 12.5. The summed E-state index contributed by atoms with van der Waals surface area (Å²) < 4.78 is 14.2. The van der Waals surface area contributed by atoms with E-state index in [4.69, 9.17) is 5.73 Å². The smallest absolute Gasteiger partial charge is 0.325 e. The van der Waals surface area contributed by atoms with Crippen LogP contribution in [-0.2, 0) is 4.79 Å². The maximum Gasteiger partial charge on any atom is 0.325 e. The average molecular weight is 355 g/mol. The van der Waals surface area contributed by atoms with Gasteiger partial charge in [0, 0.05) is 22.7 Å². The van der Waals surface area contributed by atoms with Crippen LogP contribution in [0.1, 0.15) is 32.1 Å². The summed E-state index contributed by atoms with van der Waals surface area (Å²) in [5.74, 6) is -0.807. The van der Waals surface area contributed by atoms with E-state index in [9.17, 15) is 14.0 Å². The van der Waals surface area contributed by atoms with Crippen molar-refractivity contribution in [2.75, 3.05) is 11.1 Å². The van der Waals surface area contributed by atoms with Crippen LogP contribution >= 0.6 is 0 Å². The quantitative estimate of drug-likeness (QED) is 0.718. The van der Waals surface area contributed by atoms with Gasteiger partial charge in [0.05, 0.1) is 5.69 Å². The fourth-order valence-corrected chi connectivity index (χ4v) is 3.31. The number of carbonyl (C=O) groups excluding carboxylic acids is 2. The van der Waals surface area contributed by atoms with E-state index < -0.39 is 11.8 Å². The molecule has 0 radical (unpaired) electrons. The number of rotatable bonds is 3. The normalized spacial score (nSPS) is 14.7. The van der Waals surface area contributed by atoms with Gasteiger partial charge in [-0.2, -0.15) is 0 Å². The Morgan fingerprint density at radius 2 is 1.73 bits per heavy atom. The second kappa shape index (κ2) is 7.99. The van der Waals surface area contributed by atoms with E-state index in [1.807, 2.05) is 0 Å². The lowest BCUT2D eigenvalue weighted by molar-refractivity contribution is -0.124. The molecule has 3 rings (SSSR count). The van der Waals surface area contributed by atoms with Crippen molar-refractivity contribution in [3.8, 4) is 11.1 Å². The lowest BCUT2D eigenvalue weighted by atomic mass is 9.89. The van der Waals surface area contributed by atoms with Crippen LogP contribution in [0.3, 0.4) is 0 Å². The highest BCUT2D eigenvalue weighted by Crippen LogP contribution is 2.31. The predicted molar refractivity (Wildman–Crippen MR) is 100.0 cm³/mol. The van der Waals surface area contributed by atoms with Gasteiger partial charge in [-0.1, -0.05) is 37.5 Å². The number of hydrogen-bond acceptors (Lipinski definition) is 3. The molecule has 0 aromatic heterocycles. The largest absolute Gasteiger partial charge is 0.399 e. The van der Waals surface area contributed by atoms with Gasteiger partial charge in [-0.05, 0) is 37.1 Å². The monoisotopic (exact) mass is 355 g/mol. The molecular weight excluding hydrogens is 333 g/mol. The molecule has 0 atom stereocenters. The van der Waals surface area contributed by atoms with Gasteiger partial charge in [0.25, 0.3) is 0 Å². The lowest BCUT2D eigenvalue weighted by Crippen LogP contribution is -2.39. The minimum Gasteiger partial charge on any atom is -0.399 e. The van der Waals surface area contributed by atoms with Gasteiger partial charge in [0.1, 0.15) is 5.82 Å². The van der Waals surface area contributed by atoms with Crippen LogP contribution in [0.15, 0.2) is 42.5 Å². The fraction of sp³-hybridized carbons (Fsp3) is 0.300. The van der Waals surface area contributed by atoms with Crippen LogP contribution in [0.2, 0.25) is 0 Å². The first kappa shape index (κ1) is 17.9. The third-order valence-corrected chi connectivity index (χ3v) is 4.67. The van der Waals surface area contributed by atoms with Gasteiger partial charge in [0.2, 0.25) is 5.91 Å². The molecule has 4 N–H and O–H groups in total. The first-order valence-electron chi connectivity index (χ1n) is 8.81. The number of imide groups is 1. The van der Waals surface area contributed by atoms with E-state index in [2.05, 4.69) is 10.6 Å². The zero-order valence-electron chi connectivity index (χ0n) is 14.4. The molecule has 6 heteroatoms. The summed E-state index contributed by atoms with van der Waals surface area (Å²) in [6.45, 7) is 0. The maximum atomic E-state index is 14.2. The van der Waals surface area contributed by atoms with E-state index in [1.54, 1.807) is 24.3 Å². The number of para-hydroxylation sites is 1. The van der Waals surface area contributed by atoms with Crippen LogP contribution in [-0.4, -0.2) is 11.9 Å². The van der Waals surface area contributed by atoms with Crippen LogP contribution < -0.4 is 16.4 Å². The molecule has 26 heavy (non-hydrogen) atoms. The number of anilines is 2. The molecule has 2 aromatic rings. The molecule has 0 aliphatic heterocycles. The Labute approximate surface area is 151 Å². The van der Waals surface area contributed by atoms with E-state index >= 15 is 0 Å². The van der Waals surface area contributed by atoms with Crippen LogP contribution in [0.5, 0.6) is 0 Å². The number of nitrogens with two attached hydrogens (primary N) is 1. The number of halogens is 1. The van der Waals surface area contributed by atoms with Crippen molar-refractivity contribution in [1.82, 2.24) is 5.32 Å². The highest BCUT2D eigenvalue weighted by Gasteiger charge is 2.23. The van der Waals surface area contributed by atoms with E-state index in [-0.39, 0.29) is 11.8 Å². The molecule has 0 bridgehead atoms. The molecule has 1 saturated carbocycles. The summed E-state index contributed by atoms with van der Waals surface area (Å²) in [5.41, 5.74) is 7.38. The summed E-state index contributed by atoms with van der Waals surface area (Å²) in [4.78, 5) is 24.4. The highest BCUT2D eigenvalue weighted by atomic mass is 19.1. The van der Waals surface area contributed by atoms with Crippen molar-refractivity contribution >= 4 is 23.3 Å². The molecular formula is C20H22FN3O2. The SMILES string of the molecule is Nc1ccc(F)c(-c2ccccc2NC(=O)NC(=O)C2CCCCC2)c1. The van der Waals surface area contributed by atoms with Crippen molar-refractivity contribution in [2.24, 2.45) is 5.92 Å². The molecule has 1 fully saturated rings. The van der Waals surface area contributed by atoms with Crippen LogP contribution in [0.25, 0.3) is 11.1 Å². The third-order valence-electron chi connectivity index (χ3n) is 4.67. The summed E-state index contributed by atoms with van der Waals surface area (Å²) in [7, 11) is 0. The molecule has 0 heterocycles. The van der Waals surface area contributed by atoms with Crippen molar-refractivity contribution in [3.05, 3.63) is 48.3 Å². The zero-order valence-corrected chi connectivity index (χ0v) is 14.4. The number of urea groups is 1. The molecule has 2 aromatic carbocycles. The standard InChI is InChI=1S/C20H22FN3O2/c21-17-11-10-14(22)12-16(17)15-8-4-5-9-18(15)23-20(26)24-19(25)13-6-2-1-3-7-13/h4-5,8-13H,1-3,6-7,22H2,(H2,23,24,25,26). The summed E-state index contributed by atoms with van der Waals surface area (Å²) in [5, 5.41) is 5.04. The number of benzene rings is 2. The van der Waals surface area contributed by atoms with Crippen molar-refractivity contribution in [2.45, 2.75) is 32.1 Å². The maximum absolute atomic E-state index is 14.2. The van der Waals surface area contributed by atoms with Crippen LogP contribution in [0, 0.1) is 11.7 Å². The minimum absolute atomic E-state index is 0.115. The van der Waals surface area contributed by atoms with Gasteiger partial charge in [-0.3, -0.25) is 10.1 Å². The molecule has 0 saturated heterocycles. The minimum atomic E-state index is -0.614. The molecule has 0 unspecified atom stereocenters. The molecule has 136 valence electrons. The first-order valence-corrected chi connectivity index (χ1v) is 8.81. The Bertz CT molecular complexity index is 816. The number of carbonyl (C=O) groups is 2. The average Bonchev–Trinajstić information content (AvgIpc) is 2.65. The molecule has 0 spiro atoms. The molecule has 1 aliphatic carbocycles. The fourth-order valence-electron chi connectivity index (χ4n) is 3.31. The van der Waals surface area contributed by atoms with Gasteiger partial charge in [0.15, 0.2) is 0 Å². The van der Waals surface area contributed by atoms with E-state index in [1.165, 1.54) is 18.2 Å². The Kier molecular flexibility index (Phi) is 5.51. The summed E-state index contributed by atoms with van der Waals surface area (Å²) in [6, 6.07) is 10.5. The zero-order chi connectivity index (χ0) is 18.5.